The van der Waals surface area contributed by atoms with Crippen LogP contribution in [0.15, 0.2) is 82.4 Å². The number of carbonyl (C=O) groups excluding carboxylic acids is 2. The molecule has 2 amide bonds. The van der Waals surface area contributed by atoms with E-state index in [-0.39, 0.29) is 11.8 Å². The molecule has 0 radical (unpaired) electrons. The van der Waals surface area contributed by atoms with Crippen LogP contribution in [0.1, 0.15) is 26.3 Å². The van der Waals surface area contributed by atoms with Crippen LogP contribution < -0.4 is 15.6 Å². The minimum atomic E-state index is -0.332. The van der Waals surface area contributed by atoms with E-state index in [1.807, 2.05) is 43.3 Å². The molecule has 30 heavy (non-hydrogen) atoms. The van der Waals surface area contributed by atoms with Crippen LogP contribution >= 0.6 is 15.9 Å². The molecule has 0 saturated heterocycles. The lowest BCUT2D eigenvalue weighted by Gasteiger charge is -2.11. The van der Waals surface area contributed by atoms with Crippen LogP contribution in [-0.2, 0) is 0 Å². The number of hydrogen-bond acceptors (Lipinski definition) is 4. The number of hydrazone groups is 1. The van der Waals surface area contributed by atoms with Gasteiger partial charge in [-0.25, -0.2) is 5.43 Å². The van der Waals surface area contributed by atoms with E-state index < -0.39 is 0 Å². The Labute approximate surface area is 183 Å². The first-order valence-corrected chi connectivity index (χ1v) is 9.99. The van der Waals surface area contributed by atoms with Crippen LogP contribution in [0.2, 0.25) is 0 Å². The van der Waals surface area contributed by atoms with Crippen molar-refractivity contribution >= 4 is 45.3 Å². The Morgan fingerprint density at radius 1 is 0.833 bits per heavy atom. The maximum absolute atomic E-state index is 12.3. The van der Waals surface area contributed by atoms with Gasteiger partial charge in [-0.2, -0.15) is 5.10 Å². The summed E-state index contributed by atoms with van der Waals surface area (Å²) in [5.41, 5.74) is 6.06. The highest BCUT2D eigenvalue weighted by molar-refractivity contribution is 9.10. The van der Waals surface area contributed by atoms with Crippen molar-refractivity contribution in [1.82, 2.24) is 5.43 Å². The molecule has 0 aliphatic heterocycles. The molecule has 6 nitrogen and oxygen atoms in total. The van der Waals surface area contributed by atoms with Gasteiger partial charge in [0.25, 0.3) is 11.8 Å². The van der Waals surface area contributed by atoms with Crippen LogP contribution in [0.5, 0.6) is 0 Å². The first-order valence-electron chi connectivity index (χ1n) is 9.20. The lowest BCUT2D eigenvalue weighted by molar-refractivity contribution is 0.0954. The fourth-order valence-corrected chi connectivity index (χ4v) is 2.86. The molecule has 0 bridgehead atoms. The Hall–Kier alpha value is -3.45. The lowest BCUT2D eigenvalue weighted by atomic mass is 10.1. The van der Waals surface area contributed by atoms with Crippen molar-refractivity contribution in [3.63, 3.8) is 0 Å². The van der Waals surface area contributed by atoms with Gasteiger partial charge in [-0.15, -0.1) is 0 Å². The number of halogens is 1. The van der Waals surface area contributed by atoms with Gasteiger partial charge < -0.3 is 10.2 Å². The summed E-state index contributed by atoms with van der Waals surface area (Å²) < 4.78 is 0.905. The maximum atomic E-state index is 12.3. The molecule has 7 heteroatoms. The lowest BCUT2D eigenvalue weighted by Crippen LogP contribution is -2.18. The number of hydrogen-bond donors (Lipinski definition) is 2. The Morgan fingerprint density at radius 2 is 1.40 bits per heavy atom. The molecule has 0 aromatic heterocycles. The van der Waals surface area contributed by atoms with Gasteiger partial charge in [-0.1, -0.05) is 28.1 Å². The third-order valence-electron chi connectivity index (χ3n) is 4.30. The maximum Gasteiger partial charge on any atom is 0.271 e. The molecule has 3 aromatic rings. The van der Waals surface area contributed by atoms with Crippen molar-refractivity contribution in [2.24, 2.45) is 5.10 Å². The van der Waals surface area contributed by atoms with Gasteiger partial charge in [0.15, 0.2) is 0 Å². The Balaban J connectivity index is 1.55. The van der Waals surface area contributed by atoms with Crippen LogP contribution in [0.4, 0.5) is 11.4 Å². The zero-order valence-corrected chi connectivity index (χ0v) is 18.2. The topological polar surface area (TPSA) is 73.8 Å². The Morgan fingerprint density at radius 3 is 2.00 bits per heavy atom. The molecule has 3 rings (SSSR count). The molecule has 0 fully saturated rings. The summed E-state index contributed by atoms with van der Waals surface area (Å²) in [4.78, 5) is 26.5. The Bertz CT molecular complexity index is 1040. The third-order valence-corrected chi connectivity index (χ3v) is 4.83. The standard InChI is InChI=1S/C23H21BrN4O2/c1-28(2)21-13-3-16(4-14-21)15-25-27-23(30)18-7-11-20(12-8-18)26-22(29)17-5-9-19(24)10-6-17/h3-15H,1-2H3,(H,26,29)(H,27,30)/b25-15-. The van der Waals surface area contributed by atoms with Crippen LogP contribution in [0.3, 0.4) is 0 Å². The van der Waals surface area contributed by atoms with E-state index in [1.54, 1.807) is 54.7 Å². The molecular formula is C23H21BrN4O2. The van der Waals surface area contributed by atoms with E-state index in [4.69, 9.17) is 0 Å². The summed E-state index contributed by atoms with van der Waals surface area (Å²) in [6.45, 7) is 0. The van der Waals surface area contributed by atoms with E-state index in [1.165, 1.54) is 0 Å². The number of amides is 2. The summed E-state index contributed by atoms with van der Waals surface area (Å²) in [6.07, 6.45) is 1.59. The number of benzene rings is 3. The number of nitrogens with zero attached hydrogens (tertiary/aromatic N) is 2. The Kier molecular flexibility index (Phi) is 6.98. The monoisotopic (exact) mass is 464 g/mol. The van der Waals surface area contributed by atoms with Gasteiger partial charge in [0.1, 0.15) is 0 Å². The molecule has 3 aromatic carbocycles. The van der Waals surface area contributed by atoms with Crippen molar-refractivity contribution in [2.45, 2.75) is 0 Å². The van der Waals surface area contributed by atoms with Crippen LogP contribution in [-0.4, -0.2) is 32.1 Å². The predicted octanol–water partition coefficient (Wildman–Crippen LogP) is 4.53. The molecular weight excluding hydrogens is 444 g/mol. The van der Waals surface area contributed by atoms with Gasteiger partial charge in [-0.3, -0.25) is 9.59 Å². The summed E-state index contributed by atoms with van der Waals surface area (Å²) in [6, 6.07) is 21.5. The fourth-order valence-electron chi connectivity index (χ4n) is 2.60. The smallest absolute Gasteiger partial charge is 0.271 e. The van der Waals surface area contributed by atoms with E-state index in [0.717, 1.165) is 15.7 Å². The highest BCUT2D eigenvalue weighted by Crippen LogP contribution is 2.14. The summed E-state index contributed by atoms with van der Waals surface area (Å²) in [5.74, 6) is -0.550. The SMILES string of the molecule is CN(C)c1ccc(/C=N\NC(=O)c2ccc(NC(=O)c3ccc(Br)cc3)cc2)cc1. The van der Waals surface area contributed by atoms with E-state index >= 15 is 0 Å². The molecule has 0 aliphatic carbocycles. The minimum absolute atomic E-state index is 0.218. The van der Waals surface area contributed by atoms with E-state index in [9.17, 15) is 9.59 Å². The molecule has 0 atom stereocenters. The van der Waals surface area contributed by atoms with Crippen molar-refractivity contribution in [3.05, 3.63) is 94.0 Å². The molecule has 0 saturated carbocycles. The second-order valence-electron chi connectivity index (χ2n) is 6.72. The highest BCUT2D eigenvalue weighted by atomic mass is 79.9. The van der Waals surface area contributed by atoms with Gasteiger partial charge in [0.05, 0.1) is 6.21 Å². The second kappa shape index (κ2) is 9.84. The number of carbonyl (C=O) groups is 2. The van der Waals surface area contributed by atoms with Crippen LogP contribution in [0.25, 0.3) is 0 Å². The zero-order chi connectivity index (χ0) is 21.5. The summed E-state index contributed by atoms with van der Waals surface area (Å²) >= 11 is 3.34. The molecule has 152 valence electrons. The third kappa shape index (κ3) is 5.78. The zero-order valence-electron chi connectivity index (χ0n) is 16.6. The average Bonchev–Trinajstić information content (AvgIpc) is 2.75. The molecule has 0 heterocycles. The van der Waals surface area contributed by atoms with Crippen molar-refractivity contribution in [3.8, 4) is 0 Å². The van der Waals surface area contributed by atoms with E-state index in [2.05, 4.69) is 31.8 Å². The molecule has 2 N–H and O–H groups in total. The largest absolute Gasteiger partial charge is 0.378 e. The predicted molar refractivity (Wildman–Crippen MR) is 124 cm³/mol. The van der Waals surface area contributed by atoms with Gasteiger partial charge in [-0.05, 0) is 66.2 Å². The molecule has 0 aliphatic rings. The molecule has 0 unspecified atom stereocenters. The van der Waals surface area contributed by atoms with Crippen molar-refractivity contribution in [2.75, 3.05) is 24.3 Å². The van der Waals surface area contributed by atoms with Gasteiger partial charge in [0, 0.05) is 41.1 Å². The fraction of sp³-hybridized carbons (Fsp3) is 0.0870. The number of nitrogens with one attached hydrogen (secondary N) is 2. The van der Waals surface area contributed by atoms with Crippen molar-refractivity contribution < 1.29 is 9.59 Å². The summed E-state index contributed by atoms with van der Waals surface area (Å²) in [7, 11) is 3.95. The van der Waals surface area contributed by atoms with Crippen molar-refractivity contribution in [1.29, 1.82) is 0 Å². The molecule has 0 spiro atoms. The van der Waals surface area contributed by atoms with Crippen LogP contribution in [0, 0.1) is 0 Å². The van der Waals surface area contributed by atoms with Gasteiger partial charge >= 0.3 is 0 Å². The van der Waals surface area contributed by atoms with Gasteiger partial charge in [0.2, 0.25) is 0 Å². The number of rotatable bonds is 6. The second-order valence-corrected chi connectivity index (χ2v) is 7.64. The van der Waals surface area contributed by atoms with E-state index in [0.29, 0.717) is 16.8 Å². The summed E-state index contributed by atoms with van der Waals surface area (Å²) in [5, 5.41) is 6.80. The minimum Gasteiger partial charge on any atom is -0.378 e. The normalized spacial score (nSPS) is 10.6. The number of anilines is 2. The highest BCUT2D eigenvalue weighted by Gasteiger charge is 2.08. The average molecular weight is 465 g/mol. The first kappa shape index (κ1) is 21.3. The quantitative estimate of drug-likeness (QED) is 0.415. The first-order chi connectivity index (χ1) is 14.4.